The van der Waals surface area contributed by atoms with Crippen molar-refractivity contribution < 1.29 is 15.0 Å². The molecular formula is C14H21BrN2O3. The zero-order valence-corrected chi connectivity index (χ0v) is 13.2. The van der Waals surface area contributed by atoms with Gasteiger partial charge in [0, 0.05) is 24.2 Å². The maximum absolute atomic E-state index is 12.0. The summed E-state index contributed by atoms with van der Waals surface area (Å²) in [5, 5.41) is 20.6. The Labute approximate surface area is 127 Å². The van der Waals surface area contributed by atoms with Gasteiger partial charge in [0.2, 0.25) is 5.91 Å². The van der Waals surface area contributed by atoms with Crippen LogP contribution in [0.5, 0.6) is 0 Å². The summed E-state index contributed by atoms with van der Waals surface area (Å²) < 4.78 is 0.843. The van der Waals surface area contributed by atoms with Crippen LogP contribution in [0.2, 0.25) is 0 Å². The highest BCUT2D eigenvalue weighted by Gasteiger charge is 2.11. The third-order valence-electron chi connectivity index (χ3n) is 2.81. The van der Waals surface area contributed by atoms with Crippen molar-refractivity contribution in [1.82, 2.24) is 4.90 Å². The van der Waals surface area contributed by atoms with Crippen molar-refractivity contribution in [3.63, 3.8) is 0 Å². The average Bonchev–Trinajstić information content (AvgIpc) is 2.39. The number of amides is 1. The molecule has 5 nitrogen and oxygen atoms in total. The highest BCUT2D eigenvalue weighted by atomic mass is 79.9. The Balaban J connectivity index is 2.55. The van der Waals surface area contributed by atoms with Crippen LogP contribution in [0, 0.1) is 6.92 Å². The van der Waals surface area contributed by atoms with Crippen LogP contribution in [0.1, 0.15) is 12.0 Å². The third-order valence-corrected chi connectivity index (χ3v) is 3.47. The first-order chi connectivity index (χ1) is 9.56. The molecule has 0 fully saturated rings. The summed E-state index contributed by atoms with van der Waals surface area (Å²) in [6.07, 6.45) is 0.585. The van der Waals surface area contributed by atoms with Crippen molar-refractivity contribution in [2.24, 2.45) is 0 Å². The van der Waals surface area contributed by atoms with E-state index in [1.54, 1.807) is 0 Å². The van der Waals surface area contributed by atoms with Crippen LogP contribution < -0.4 is 5.32 Å². The van der Waals surface area contributed by atoms with E-state index in [2.05, 4.69) is 21.2 Å². The monoisotopic (exact) mass is 344 g/mol. The molecule has 0 spiro atoms. The molecule has 0 aliphatic heterocycles. The molecule has 20 heavy (non-hydrogen) atoms. The molecule has 1 aromatic rings. The number of carbonyl (C=O) groups is 1. The van der Waals surface area contributed by atoms with Crippen molar-refractivity contribution >= 4 is 27.5 Å². The molecule has 0 heterocycles. The standard InChI is InChI=1S/C14H21BrN2O3/c1-11-3-4-13(12(15)9-11)16-14(20)10-17(6-8-19)5-2-7-18/h3-4,9,18-19H,2,5-8,10H2,1H3,(H,16,20). The first-order valence-corrected chi connectivity index (χ1v) is 7.36. The summed E-state index contributed by atoms with van der Waals surface area (Å²) in [5.41, 5.74) is 1.84. The van der Waals surface area contributed by atoms with Crippen molar-refractivity contribution in [2.75, 3.05) is 38.2 Å². The predicted molar refractivity (Wildman–Crippen MR) is 82.7 cm³/mol. The molecule has 0 atom stereocenters. The smallest absolute Gasteiger partial charge is 0.238 e. The number of anilines is 1. The van der Waals surface area contributed by atoms with Gasteiger partial charge in [-0.05, 0) is 47.0 Å². The van der Waals surface area contributed by atoms with Gasteiger partial charge in [0.15, 0.2) is 0 Å². The normalized spacial score (nSPS) is 10.8. The van der Waals surface area contributed by atoms with Gasteiger partial charge in [-0.25, -0.2) is 0 Å². The number of benzene rings is 1. The number of carbonyl (C=O) groups excluding carboxylic acids is 1. The topological polar surface area (TPSA) is 72.8 Å². The number of hydrogen-bond donors (Lipinski definition) is 3. The second-order valence-corrected chi connectivity index (χ2v) is 5.46. The van der Waals surface area contributed by atoms with Crippen molar-refractivity contribution in [1.29, 1.82) is 0 Å². The lowest BCUT2D eigenvalue weighted by molar-refractivity contribution is -0.117. The highest BCUT2D eigenvalue weighted by Crippen LogP contribution is 2.23. The van der Waals surface area contributed by atoms with Crippen LogP contribution in [0.3, 0.4) is 0 Å². The number of aliphatic hydroxyl groups is 2. The van der Waals surface area contributed by atoms with Gasteiger partial charge in [-0.2, -0.15) is 0 Å². The van der Waals surface area contributed by atoms with Crippen molar-refractivity contribution in [3.8, 4) is 0 Å². The molecular weight excluding hydrogens is 324 g/mol. The first-order valence-electron chi connectivity index (χ1n) is 6.57. The molecule has 0 unspecified atom stereocenters. The average molecular weight is 345 g/mol. The van der Waals surface area contributed by atoms with E-state index in [4.69, 9.17) is 10.2 Å². The van der Waals surface area contributed by atoms with Gasteiger partial charge in [-0.15, -0.1) is 0 Å². The quantitative estimate of drug-likeness (QED) is 0.666. The van der Waals surface area contributed by atoms with E-state index in [1.165, 1.54) is 0 Å². The van der Waals surface area contributed by atoms with Crippen LogP contribution in [-0.2, 0) is 4.79 Å². The van der Waals surface area contributed by atoms with Gasteiger partial charge < -0.3 is 15.5 Å². The lowest BCUT2D eigenvalue weighted by atomic mass is 10.2. The van der Waals surface area contributed by atoms with Crippen LogP contribution >= 0.6 is 15.9 Å². The fourth-order valence-corrected chi connectivity index (χ4v) is 2.41. The van der Waals surface area contributed by atoms with Crippen molar-refractivity contribution in [3.05, 3.63) is 28.2 Å². The van der Waals surface area contributed by atoms with Crippen LogP contribution in [0.4, 0.5) is 5.69 Å². The number of aryl methyl sites for hydroxylation is 1. The molecule has 0 aliphatic rings. The number of halogens is 1. The fraction of sp³-hybridized carbons (Fsp3) is 0.500. The molecule has 0 saturated carbocycles. The second-order valence-electron chi connectivity index (χ2n) is 4.61. The Morgan fingerprint density at radius 1 is 1.30 bits per heavy atom. The van der Waals surface area contributed by atoms with Crippen LogP contribution in [-0.4, -0.2) is 53.9 Å². The molecule has 0 radical (unpaired) electrons. The Morgan fingerprint density at radius 3 is 2.65 bits per heavy atom. The summed E-state index contributed by atoms with van der Waals surface area (Å²) in [7, 11) is 0. The van der Waals surface area contributed by atoms with Gasteiger partial charge in [-0.3, -0.25) is 9.69 Å². The van der Waals surface area contributed by atoms with Gasteiger partial charge in [0.25, 0.3) is 0 Å². The molecule has 1 aromatic carbocycles. The Hall–Kier alpha value is -0.950. The largest absolute Gasteiger partial charge is 0.396 e. The molecule has 1 amide bonds. The molecule has 0 aliphatic carbocycles. The van der Waals surface area contributed by atoms with Gasteiger partial charge in [-0.1, -0.05) is 6.07 Å². The van der Waals surface area contributed by atoms with Crippen LogP contribution in [0.15, 0.2) is 22.7 Å². The molecule has 1 rings (SSSR count). The van der Waals surface area contributed by atoms with E-state index in [0.717, 1.165) is 15.7 Å². The van der Waals surface area contributed by atoms with E-state index < -0.39 is 0 Å². The SMILES string of the molecule is Cc1ccc(NC(=O)CN(CCO)CCCO)c(Br)c1. The molecule has 0 bridgehead atoms. The molecule has 6 heteroatoms. The highest BCUT2D eigenvalue weighted by molar-refractivity contribution is 9.10. The van der Waals surface area contributed by atoms with Gasteiger partial charge in [0.1, 0.15) is 0 Å². The molecule has 0 aromatic heterocycles. The number of nitrogens with zero attached hydrogens (tertiary/aromatic N) is 1. The number of aliphatic hydroxyl groups excluding tert-OH is 2. The van der Waals surface area contributed by atoms with E-state index in [0.29, 0.717) is 19.5 Å². The van der Waals surface area contributed by atoms with Gasteiger partial charge >= 0.3 is 0 Å². The van der Waals surface area contributed by atoms with Gasteiger partial charge in [0.05, 0.1) is 18.8 Å². The van der Waals surface area contributed by atoms with E-state index >= 15 is 0 Å². The summed E-state index contributed by atoms with van der Waals surface area (Å²) in [4.78, 5) is 13.8. The number of nitrogens with one attached hydrogen (secondary N) is 1. The summed E-state index contributed by atoms with van der Waals surface area (Å²) in [5.74, 6) is -0.138. The van der Waals surface area contributed by atoms with E-state index in [9.17, 15) is 4.79 Å². The van der Waals surface area contributed by atoms with E-state index in [1.807, 2.05) is 30.0 Å². The zero-order valence-electron chi connectivity index (χ0n) is 11.6. The summed E-state index contributed by atoms with van der Waals surface area (Å²) in [6, 6.07) is 5.71. The maximum Gasteiger partial charge on any atom is 0.238 e. The van der Waals surface area contributed by atoms with Crippen molar-refractivity contribution in [2.45, 2.75) is 13.3 Å². The third kappa shape index (κ3) is 6.00. The zero-order chi connectivity index (χ0) is 15.0. The van der Waals surface area contributed by atoms with Crippen LogP contribution in [0.25, 0.3) is 0 Å². The predicted octanol–water partition coefficient (Wildman–Crippen LogP) is 1.37. The summed E-state index contributed by atoms with van der Waals surface area (Å²) >= 11 is 3.41. The number of hydrogen-bond acceptors (Lipinski definition) is 4. The van der Waals surface area contributed by atoms with E-state index in [-0.39, 0.29) is 25.7 Å². The Bertz CT molecular complexity index is 440. The first kappa shape index (κ1) is 17.1. The maximum atomic E-state index is 12.0. The lowest BCUT2D eigenvalue weighted by Crippen LogP contribution is -2.36. The fourth-order valence-electron chi connectivity index (χ4n) is 1.82. The second kappa shape index (κ2) is 9.07. The summed E-state index contributed by atoms with van der Waals surface area (Å²) in [6.45, 7) is 3.25. The molecule has 0 saturated heterocycles. The minimum Gasteiger partial charge on any atom is -0.396 e. The Morgan fingerprint density at radius 2 is 2.05 bits per heavy atom. The Kier molecular flexibility index (Phi) is 7.76. The minimum atomic E-state index is -0.138. The number of rotatable bonds is 8. The molecule has 3 N–H and O–H groups in total. The molecule has 112 valence electrons. The minimum absolute atomic E-state index is 0.00701. The lowest BCUT2D eigenvalue weighted by Gasteiger charge is -2.20.